The summed E-state index contributed by atoms with van der Waals surface area (Å²) < 4.78 is 19.4. The van der Waals surface area contributed by atoms with E-state index in [9.17, 15) is 4.39 Å². The molecule has 3 nitrogen and oxygen atoms in total. The fraction of sp³-hybridized carbons (Fsp3) is 0.294. The first-order valence-electron chi connectivity index (χ1n) is 7.04. The predicted molar refractivity (Wildman–Crippen MR) is 85.2 cm³/mol. The summed E-state index contributed by atoms with van der Waals surface area (Å²) in [6.45, 7) is 4.44. The quantitative estimate of drug-likeness (QED) is 0.845. The van der Waals surface area contributed by atoms with Crippen molar-refractivity contribution in [2.24, 2.45) is 0 Å². The number of halogens is 1. The molecular weight excluding hydrogens is 267 g/mol. The van der Waals surface area contributed by atoms with Gasteiger partial charge in [0.2, 0.25) is 0 Å². The number of nitrogens with zero attached hydrogens (tertiary/aromatic N) is 1. The van der Waals surface area contributed by atoms with Crippen molar-refractivity contribution in [3.8, 4) is 5.75 Å². The van der Waals surface area contributed by atoms with E-state index in [0.29, 0.717) is 23.6 Å². The zero-order chi connectivity index (χ0) is 15.4. The molecule has 0 fully saturated rings. The van der Waals surface area contributed by atoms with Crippen LogP contribution in [0.4, 0.5) is 15.8 Å². The molecule has 1 unspecified atom stereocenters. The molecule has 0 saturated heterocycles. The van der Waals surface area contributed by atoms with E-state index in [1.54, 1.807) is 12.1 Å². The van der Waals surface area contributed by atoms with Gasteiger partial charge in [0, 0.05) is 24.4 Å². The van der Waals surface area contributed by atoms with Gasteiger partial charge >= 0.3 is 0 Å². The molecule has 0 aromatic heterocycles. The zero-order valence-electron chi connectivity index (χ0n) is 12.6. The molecule has 112 valence electrons. The van der Waals surface area contributed by atoms with E-state index in [1.165, 1.54) is 6.07 Å². The second-order valence-electron chi connectivity index (χ2n) is 4.96. The molecule has 0 spiro atoms. The van der Waals surface area contributed by atoms with E-state index < -0.39 is 0 Å². The molecule has 21 heavy (non-hydrogen) atoms. The van der Waals surface area contributed by atoms with Crippen LogP contribution in [0.3, 0.4) is 0 Å². The van der Waals surface area contributed by atoms with E-state index >= 15 is 0 Å². The van der Waals surface area contributed by atoms with Gasteiger partial charge in [-0.2, -0.15) is 0 Å². The van der Waals surface area contributed by atoms with E-state index in [2.05, 4.69) is 0 Å². The van der Waals surface area contributed by atoms with Gasteiger partial charge in [0.15, 0.2) is 0 Å². The molecule has 0 aliphatic heterocycles. The Labute approximate surface area is 125 Å². The Hall–Kier alpha value is -2.23. The van der Waals surface area contributed by atoms with Crippen molar-refractivity contribution < 1.29 is 9.13 Å². The average Bonchev–Trinajstić information content (AvgIpc) is 2.49. The normalized spacial score (nSPS) is 12.0. The van der Waals surface area contributed by atoms with Crippen molar-refractivity contribution in [3.63, 3.8) is 0 Å². The van der Waals surface area contributed by atoms with Crippen LogP contribution in [0.5, 0.6) is 5.75 Å². The van der Waals surface area contributed by atoms with E-state index in [-0.39, 0.29) is 11.9 Å². The maximum atomic E-state index is 13.9. The average molecular weight is 288 g/mol. The smallest absolute Gasteiger partial charge is 0.144 e. The number of nitrogen functional groups attached to an aromatic ring is 1. The van der Waals surface area contributed by atoms with Crippen LogP contribution in [0.1, 0.15) is 25.5 Å². The molecule has 0 amide bonds. The highest BCUT2D eigenvalue weighted by atomic mass is 19.1. The Morgan fingerprint density at radius 1 is 1.24 bits per heavy atom. The molecule has 0 aliphatic rings. The maximum absolute atomic E-state index is 13.9. The van der Waals surface area contributed by atoms with Gasteiger partial charge in [0.1, 0.15) is 11.6 Å². The van der Waals surface area contributed by atoms with Gasteiger partial charge in [-0.15, -0.1) is 0 Å². The zero-order valence-corrected chi connectivity index (χ0v) is 12.6. The van der Waals surface area contributed by atoms with Crippen LogP contribution in [0.25, 0.3) is 0 Å². The lowest BCUT2D eigenvalue weighted by atomic mass is 10.1. The lowest BCUT2D eigenvalue weighted by Crippen LogP contribution is -2.22. The van der Waals surface area contributed by atoms with Crippen molar-refractivity contribution in [1.82, 2.24) is 0 Å². The van der Waals surface area contributed by atoms with Crippen molar-refractivity contribution in [2.75, 3.05) is 24.3 Å². The second kappa shape index (κ2) is 6.48. The summed E-state index contributed by atoms with van der Waals surface area (Å²) in [5, 5.41) is 0. The summed E-state index contributed by atoms with van der Waals surface area (Å²) in [6, 6.07) is 12.3. The van der Waals surface area contributed by atoms with Crippen molar-refractivity contribution >= 4 is 11.4 Å². The minimum atomic E-state index is -0.197. The van der Waals surface area contributed by atoms with Gasteiger partial charge < -0.3 is 15.4 Å². The van der Waals surface area contributed by atoms with Gasteiger partial charge in [-0.05, 0) is 32.0 Å². The number of benzene rings is 2. The number of rotatable bonds is 5. The Kier molecular flexibility index (Phi) is 4.68. The lowest BCUT2D eigenvalue weighted by Gasteiger charge is -2.28. The third-order valence-corrected chi connectivity index (χ3v) is 3.64. The first kappa shape index (κ1) is 15.2. The monoisotopic (exact) mass is 288 g/mol. The fourth-order valence-corrected chi connectivity index (χ4v) is 2.27. The van der Waals surface area contributed by atoms with Crippen molar-refractivity contribution in [1.29, 1.82) is 0 Å². The van der Waals surface area contributed by atoms with Gasteiger partial charge in [0.05, 0.1) is 18.3 Å². The Morgan fingerprint density at radius 2 is 1.95 bits per heavy atom. The Bertz CT molecular complexity index is 615. The predicted octanol–water partition coefficient (Wildman–Crippen LogP) is 4.00. The van der Waals surface area contributed by atoms with Gasteiger partial charge in [0.25, 0.3) is 0 Å². The molecule has 4 heteroatoms. The summed E-state index contributed by atoms with van der Waals surface area (Å²) >= 11 is 0. The first-order chi connectivity index (χ1) is 10.0. The summed E-state index contributed by atoms with van der Waals surface area (Å²) in [5.74, 6) is 0.458. The van der Waals surface area contributed by atoms with Crippen LogP contribution in [0.15, 0.2) is 42.5 Å². The molecule has 0 heterocycles. The van der Waals surface area contributed by atoms with Gasteiger partial charge in [-0.25, -0.2) is 4.39 Å². The van der Waals surface area contributed by atoms with E-state index in [1.807, 2.05) is 50.1 Å². The molecule has 0 saturated carbocycles. The van der Waals surface area contributed by atoms with Crippen LogP contribution in [0, 0.1) is 5.82 Å². The number of hydrogen-bond acceptors (Lipinski definition) is 3. The van der Waals surface area contributed by atoms with Crippen LogP contribution in [0.2, 0.25) is 0 Å². The van der Waals surface area contributed by atoms with Crippen LogP contribution < -0.4 is 15.4 Å². The topological polar surface area (TPSA) is 38.5 Å². The molecule has 0 aliphatic carbocycles. The van der Waals surface area contributed by atoms with Crippen molar-refractivity contribution in [2.45, 2.75) is 19.9 Å². The Morgan fingerprint density at radius 3 is 2.62 bits per heavy atom. The number of ether oxygens (including phenoxy) is 1. The SMILES string of the molecule is CCOc1cc(N(C)C(C)c2ccccc2F)ccc1N. The van der Waals surface area contributed by atoms with Crippen LogP contribution in [-0.2, 0) is 0 Å². The lowest BCUT2D eigenvalue weighted by molar-refractivity contribution is 0.342. The van der Waals surface area contributed by atoms with Crippen LogP contribution >= 0.6 is 0 Å². The molecule has 0 bridgehead atoms. The third kappa shape index (κ3) is 3.27. The maximum Gasteiger partial charge on any atom is 0.144 e. The Balaban J connectivity index is 2.29. The van der Waals surface area contributed by atoms with Gasteiger partial charge in [-0.3, -0.25) is 0 Å². The second-order valence-corrected chi connectivity index (χ2v) is 4.96. The number of nitrogens with two attached hydrogens (primary N) is 1. The number of hydrogen-bond donors (Lipinski definition) is 1. The minimum absolute atomic E-state index is 0.0932. The molecular formula is C17H21FN2O. The molecule has 2 aromatic carbocycles. The molecule has 0 radical (unpaired) electrons. The summed E-state index contributed by atoms with van der Waals surface area (Å²) in [4.78, 5) is 2.00. The number of anilines is 2. The molecule has 2 N–H and O–H groups in total. The van der Waals surface area contributed by atoms with Crippen LogP contribution in [-0.4, -0.2) is 13.7 Å². The van der Waals surface area contributed by atoms with E-state index in [0.717, 1.165) is 5.69 Å². The highest BCUT2D eigenvalue weighted by molar-refractivity contribution is 5.62. The highest BCUT2D eigenvalue weighted by Gasteiger charge is 2.16. The summed E-state index contributed by atoms with van der Waals surface area (Å²) in [7, 11) is 1.93. The van der Waals surface area contributed by atoms with Gasteiger partial charge in [-0.1, -0.05) is 18.2 Å². The van der Waals surface area contributed by atoms with E-state index in [4.69, 9.17) is 10.5 Å². The standard InChI is InChI=1S/C17H21FN2O/c1-4-21-17-11-13(9-10-16(17)19)20(3)12(2)14-7-5-6-8-15(14)18/h5-12H,4,19H2,1-3H3. The fourth-order valence-electron chi connectivity index (χ4n) is 2.27. The molecule has 2 rings (SSSR count). The molecule has 1 atom stereocenters. The minimum Gasteiger partial charge on any atom is -0.492 e. The first-order valence-corrected chi connectivity index (χ1v) is 7.04. The summed E-state index contributed by atoms with van der Waals surface area (Å²) in [6.07, 6.45) is 0. The third-order valence-electron chi connectivity index (χ3n) is 3.64. The highest BCUT2D eigenvalue weighted by Crippen LogP contribution is 2.32. The van der Waals surface area contributed by atoms with Crippen molar-refractivity contribution in [3.05, 3.63) is 53.8 Å². The summed E-state index contributed by atoms with van der Waals surface area (Å²) in [5.41, 5.74) is 8.08. The largest absolute Gasteiger partial charge is 0.492 e. The molecule has 2 aromatic rings.